The fourth-order valence-corrected chi connectivity index (χ4v) is 2.21. The summed E-state index contributed by atoms with van der Waals surface area (Å²) < 4.78 is 40.4. The molecule has 0 bridgehead atoms. The topological polar surface area (TPSA) is 20.2 Å². The fraction of sp³-hybridized carbons (Fsp3) is 0.0769. The van der Waals surface area contributed by atoms with Crippen LogP contribution in [0.25, 0.3) is 0 Å². The van der Waals surface area contributed by atoms with Gasteiger partial charge < -0.3 is 5.11 Å². The minimum Gasteiger partial charge on any atom is -0.383 e. The van der Waals surface area contributed by atoms with E-state index in [0.717, 1.165) is 24.3 Å². The van der Waals surface area contributed by atoms with Gasteiger partial charge in [0.05, 0.1) is 0 Å². The van der Waals surface area contributed by atoms with Crippen LogP contribution in [0.15, 0.2) is 40.9 Å². The molecular weight excluding hydrogens is 309 g/mol. The van der Waals surface area contributed by atoms with Crippen LogP contribution in [0.3, 0.4) is 0 Å². The van der Waals surface area contributed by atoms with Crippen molar-refractivity contribution in [2.24, 2.45) is 0 Å². The minimum atomic E-state index is -1.57. The Morgan fingerprint density at radius 1 is 1.00 bits per heavy atom. The standard InChI is InChI=1S/C13H8BrF3O/c14-9-2-1-3-11(17)12(9)13(18)8-6-7(15)4-5-10(8)16/h1-6,13,18H. The zero-order valence-electron chi connectivity index (χ0n) is 9.00. The van der Waals surface area contributed by atoms with E-state index in [1.54, 1.807) is 0 Å². The third kappa shape index (κ3) is 2.42. The molecule has 2 aromatic rings. The van der Waals surface area contributed by atoms with Crippen molar-refractivity contribution in [2.75, 3.05) is 0 Å². The maximum Gasteiger partial charge on any atom is 0.130 e. The van der Waals surface area contributed by atoms with E-state index in [0.29, 0.717) is 4.47 Å². The van der Waals surface area contributed by atoms with Crippen LogP contribution in [0.1, 0.15) is 17.2 Å². The highest BCUT2D eigenvalue weighted by Gasteiger charge is 2.21. The van der Waals surface area contributed by atoms with Crippen LogP contribution in [-0.4, -0.2) is 5.11 Å². The summed E-state index contributed by atoms with van der Waals surface area (Å²) in [7, 11) is 0. The van der Waals surface area contributed by atoms with Gasteiger partial charge in [0.2, 0.25) is 0 Å². The average molecular weight is 317 g/mol. The first-order valence-corrected chi connectivity index (χ1v) is 5.87. The van der Waals surface area contributed by atoms with Gasteiger partial charge in [-0.2, -0.15) is 0 Å². The molecule has 1 N–H and O–H groups in total. The summed E-state index contributed by atoms with van der Waals surface area (Å²) in [6, 6.07) is 6.76. The molecule has 18 heavy (non-hydrogen) atoms. The molecule has 0 aliphatic carbocycles. The Hall–Kier alpha value is -1.33. The van der Waals surface area contributed by atoms with Crippen molar-refractivity contribution in [1.82, 2.24) is 0 Å². The molecule has 94 valence electrons. The smallest absolute Gasteiger partial charge is 0.130 e. The normalized spacial score (nSPS) is 12.5. The van der Waals surface area contributed by atoms with Gasteiger partial charge in [0.1, 0.15) is 23.6 Å². The summed E-state index contributed by atoms with van der Waals surface area (Å²) in [5, 5.41) is 9.98. The van der Waals surface area contributed by atoms with E-state index in [1.807, 2.05) is 0 Å². The molecule has 0 aliphatic heterocycles. The summed E-state index contributed by atoms with van der Waals surface area (Å²) in [6.45, 7) is 0. The molecule has 0 heterocycles. The van der Waals surface area contributed by atoms with Crippen LogP contribution >= 0.6 is 15.9 Å². The highest BCUT2D eigenvalue weighted by Crippen LogP contribution is 2.32. The monoisotopic (exact) mass is 316 g/mol. The zero-order valence-corrected chi connectivity index (χ0v) is 10.6. The van der Waals surface area contributed by atoms with Crippen molar-refractivity contribution in [1.29, 1.82) is 0 Å². The van der Waals surface area contributed by atoms with Crippen LogP contribution in [0.4, 0.5) is 13.2 Å². The fourth-order valence-electron chi connectivity index (χ4n) is 1.65. The molecule has 0 spiro atoms. The summed E-state index contributed by atoms with van der Waals surface area (Å²) >= 11 is 3.07. The number of halogens is 4. The molecular formula is C13H8BrF3O. The highest BCUT2D eigenvalue weighted by atomic mass is 79.9. The number of benzene rings is 2. The van der Waals surface area contributed by atoms with Gasteiger partial charge in [0.25, 0.3) is 0 Å². The van der Waals surface area contributed by atoms with Gasteiger partial charge >= 0.3 is 0 Å². The van der Waals surface area contributed by atoms with Crippen molar-refractivity contribution in [3.05, 3.63) is 69.4 Å². The van der Waals surface area contributed by atoms with Gasteiger partial charge in [0, 0.05) is 15.6 Å². The largest absolute Gasteiger partial charge is 0.383 e. The molecule has 2 aromatic carbocycles. The van der Waals surface area contributed by atoms with Gasteiger partial charge in [-0.3, -0.25) is 0 Å². The Morgan fingerprint density at radius 2 is 1.72 bits per heavy atom. The van der Waals surface area contributed by atoms with Crippen molar-refractivity contribution in [2.45, 2.75) is 6.10 Å². The third-order valence-corrected chi connectivity index (χ3v) is 3.22. The number of rotatable bonds is 2. The summed E-state index contributed by atoms with van der Waals surface area (Å²) in [4.78, 5) is 0. The molecule has 1 unspecified atom stereocenters. The Kier molecular flexibility index (Phi) is 3.73. The first-order chi connectivity index (χ1) is 8.50. The maximum absolute atomic E-state index is 13.6. The summed E-state index contributed by atoms with van der Waals surface area (Å²) in [5.74, 6) is -2.18. The van der Waals surface area contributed by atoms with E-state index in [1.165, 1.54) is 12.1 Å². The van der Waals surface area contributed by atoms with Crippen LogP contribution in [0, 0.1) is 17.5 Å². The summed E-state index contributed by atoms with van der Waals surface area (Å²) in [5.41, 5.74) is -0.428. The molecule has 0 radical (unpaired) electrons. The molecule has 0 fully saturated rings. The lowest BCUT2D eigenvalue weighted by atomic mass is 10.0. The van der Waals surface area contributed by atoms with Gasteiger partial charge in [-0.05, 0) is 30.3 Å². The van der Waals surface area contributed by atoms with Crippen molar-refractivity contribution in [3.8, 4) is 0 Å². The second-order valence-electron chi connectivity index (χ2n) is 3.70. The Labute approximate surface area is 110 Å². The van der Waals surface area contributed by atoms with Gasteiger partial charge in [-0.15, -0.1) is 0 Å². The second-order valence-corrected chi connectivity index (χ2v) is 4.56. The predicted octanol–water partition coefficient (Wildman–Crippen LogP) is 3.95. The first-order valence-electron chi connectivity index (χ1n) is 5.07. The second kappa shape index (κ2) is 5.12. The van der Waals surface area contributed by atoms with Gasteiger partial charge in [-0.1, -0.05) is 22.0 Å². The van der Waals surface area contributed by atoms with E-state index in [-0.39, 0.29) is 11.1 Å². The Balaban J connectivity index is 2.54. The van der Waals surface area contributed by atoms with Crippen molar-refractivity contribution >= 4 is 15.9 Å². The molecule has 0 saturated carbocycles. The SMILES string of the molecule is OC(c1cc(F)ccc1F)c1c(F)cccc1Br. The predicted molar refractivity (Wildman–Crippen MR) is 64.5 cm³/mol. The Bertz CT molecular complexity index is 566. The maximum atomic E-state index is 13.6. The highest BCUT2D eigenvalue weighted by molar-refractivity contribution is 9.10. The molecule has 5 heteroatoms. The lowest BCUT2D eigenvalue weighted by molar-refractivity contribution is 0.208. The van der Waals surface area contributed by atoms with Crippen LogP contribution in [-0.2, 0) is 0 Å². The number of aliphatic hydroxyl groups is 1. The molecule has 2 rings (SSSR count). The quantitative estimate of drug-likeness (QED) is 0.889. The van der Waals surface area contributed by atoms with E-state index < -0.39 is 23.6 Å². The minimum absolute atomic E-state index is 0.123. The van der Waals surface area contributed by atoms with Gasteiger partial charge in [-0.25, -0.2) is 13.2 Å². The van der Waals surface area contributed by atoms with Crippen LogP contribution in [0.2, 0.25) is 0 Å². The Morgan fingerprint density at radius 3 is 2.39 bits per heavy atom. The molecule has 1 nitrogen and oxygen atoms in total. The van der Waals surface area contributed by atoms with Crippen LogP contribution < -0.4 is 0 Å². The van der Waals surface area contributed by atoms with Gasteiger partial charge in [0.15, 0.2) is 0 Å². The average Bonchev–Trinajstić information content (AvgIpc) is 2.32. The lowest BCUT2D eigenvalue weighted by Gasteiger charge is -2.15. The van der Waals surface area contributed by atoms with E-state index in [9.17, 15) is 18.3 Å². The van der Waals surface area contributed by atoms with Crippen molar-refractivity contribution in [3.63, 3.8) is 0 Å². The van der Waals surface area contributed by atoms with E-state index in [2.05, 4.69) is 15.9 Å². The first kappa shape index (κ1) is 13.1. The molecule has 1 atom stereocenters. The van der Waals surface area contributed by atoms with E-state index in [4.69, 9.17) is 0 Å². The lowest BCUT2D eigenvalue weighted by Crippen LogP contribution is -2.06. The van der Waals surface area contributed by atoms with Crippen molar-refractivity contribution < 1.29 is 18.3 Å². The molecule has 0 saturated heterocycles. The number of hydrogen-bond acceptors (Lipinski definition) is 1. The molecule has 0 aliphatic rings. The number of hydrogen-bond donors (Lipinski definition) is 1. The van der Waals surface area contributed by atoms with Crippen LogP contribution in [0.5, 0.6) is 0 Å². The third-order valence-electron chi connectivity index (χ3n) is 2.53. The zero-order chi connectivity index (χ0) is 13.3. The summed E-state index contributed by atoms with van der Waals surface area (Å²) in [6.07, 6.45) is -1.57. The molecule has 0 aromatic heterocycles. The number of aliphatic hydroxyl groups excluding tert-OH is 1. The van der Waals surface area contributed by atoms with E-state index >= 15 is 0 Å². The molecule has 0 amide bonds.